The second-order valence-corrected chi connectivity index (χ2v) is 11.2. The molecule has 0 aromatic carbocycles. The SMILES string of the molecule is CCCCCCCCCCCCCCCCCC(=O)NC(=O)NCCCP(=O)(OCC)OCC. The molecule has 0 rings (SSSR count). The predicted octanol–water partition coefficient (Wildman–Crippen LogP) is 7.73. The molecule has 0 spiro atoms. The molecule has 0 aliphatic rings. The number of nitrogens with one attached hydrogen (secondary N) is 2. The van der Waals surface area contributed by atoms with E-state index >= 15 is 0 Å². The minimum Gasteiger partial charge on any atom is -0.338 e. The fraction of sp³-hybridized carbons (Fsp3) is 0.923. The Morgan fingerprint density at radius 2 is 1.09 bits per heavy atom. The molecule has 0 atom stereocenters. The summed E-state index contributed by atoms with van der Waals surface area (Å²) in [6, 6.07) is -0.506. The lowest BCUT2D eigenvalue weighted by atomic mass is 10.0. The molecule has 8 heteroatoms. The Kier molecular flexibility index (Phi) is 23.2. The van der Waals surface area contributed by atoms with Crippen molar-refractivity contribution in [3.8, 4) is 0 Å². The monoisotopic (exact) mass is 504 g/mol. The largest absolute Gasteiger partial charge is 0.338 e. The van der Waals surface area contributed by atoms with Crippen LogP contribution in [0.25, 0.3) is 0 Å². The second kappa shape index (κ2) is 23.8. The number of urea groups is 1. The molecule has 0 aromatic heterocycles. The van der Waals surface area contributed by atoms with Gasteiger partial charge in [-0.3, -0.25) is 14.7 Å². The topological polar surface area (TPSA) is 93.7 Å². The Hall–Kier alpha value is -0.910. The van der Waals surface area contributed by atoms with Crippen LogP contribution in [0.4, 0.5) is 4.79 Å². The minimum atomic E-state index is -3.09. The Labute approximate surface area is 209 Å². The molecule has 3 amide bonds. The van der Waals surface area contributed by atoms with Gasteiger partial charge in [0.25, 0.3) is 0 Å². The first-order valence-electron chi connectivity index (χ1n) is 13.9. The third-order valence-corrected chi connectivity index (χ3v) is 7.97. The van der Waals surface area contributed by atoms with E-state index in [-0.39, 0.29) is 12.1 Å². The third-order valence-electron chi connectivity index (χ3n) is 5.81. The zero-order valence-electron chi connectivity index (χ0n) is 22.3. The maximum Gasteiger partial charge on any atom is 0.330 e. The first-order valence-corrected chi connectivity index (χ1v) is 15.7. The molecule has 202 valence electrons. The summed E-state index contributed by atoms with van der Waals surface area (Å²) in [6.45, 7) is 6.74. The highest BCUT2D eigenvalue weighted by Crippen LogP contribution is 2.48. The van der Waals surface area contributed by atoms with Gasteiger partial charge in [-0.25, -0.2) is 4.79 Å². The molecule has 2 N–H and O–H groups in total. The van der Waals surface area contributed by atoms with Gasteiger partial charge in [0, 0.05) is 13.0 Å². The van der Waals surface area contributed by atoms with Crippen LogP contribution >= 0.6 is 7.60 Å². The first kappa shape index (κ1) is 33.1. The number of carbonyl (C=O) groups is 2. The van der Waals surface area contributed by atoms with Gasteiger partial charge in [-0.05, 0) is 26.7 Å². The average Bonchev–Trinajstić information content (AvgIpc) is 2.79. The van der Waals surface area contributed by atoms with Crippen molar-refractivity contribution in [3.05, 3.63) is 0 Å². The van der Waals surface area contributed by atoms with Crippen LogP contribution in [0.3, 0.4) is 0 Å². The number of carbonyl (C=O) groups excluding carboxylic acids is 2. The number of unbranched alkanes of at least 4 members (excludes halogenated alkanes) is 14. The van der Waals surface area contributed by atoms with E-state index in [1.807, 2.05) is 0 Å². The number of imide groups is 1. The van der Waals surface area contributed by atoms with Crippen molar-refractivity contribution >= 4 is 19.5 Å². The van der Waals surface area contributed by atoms with E-state index in [0.29, 0.717) is 32.6 Å². The fourth-order valence-corrected chi connectivity index (χ4v) is 5.59. The number of rotatable bonds is 24. The van der Waals surface area contributed by atoms with E-state index < -0.39 is 13.6 Å². The molecule has 0 saturated carbocycles. The molecule has 7 nitrogen and oxygen atoms in total. The molecular formula is C26H53N2O5P. The summed E-state index contributed by atoms with van der Waals surface area (Å²) in [5.74, 6) is -0.249. The van der Waals surface area contributed by atoms with Crippen molar-refractivity contribution in [2.45, 2.75) is 130 Å². The lowest BCUT2D eigenvalue weighted by Crippen LogP contribution is -2.39. The van der Waals surface area contributed by atoms with Crippen molar-refractivity contribution < 1.29 is 23.2 Å². The Morgan fingerprint density at radius 1 is 0.647 bits per heavy atom. The van der Waals surface area contributed by atoms with Crippen LogP contribution in [0, 0.1) is 0 Å². The molecule has 0 saturated heterocycles. The smallest absolute Gasteiger partial charge is 0.330 e. The maximum absolute atomic E-state index is 12.3. The average molecular weight is 505 g/mol. The highest BCUT2D eigenvalue weighted by atomic mass is 31.2. The molecule has 0 aliphatic heterocycles. The van der Waals surface area contributed by atoms with Crippen LogP contribution < -0.4 is 10.6 Å². The Balaban J connectivity index is 3.51. The van der Waals surface area contributed by atoms with Gasteiger partial charge in [-0.1, -0.05) is 96.8 Å². The normalized spacial score (nSPS) is 11.5. The zero-order chi connectivity index (χ0) is 25.3. The standard InChI is InChI=1S/C26H53N2O5P/c1-4-7-8-9-10-11-12-13-14-15-16-17-18-19-20-22-25(29)28-26(30)27-23-21-24-34(31,32-5-2)33-6-3/h4-24H2,1-3H3,(H2,27,28,29,30). The molecule has 0 fully saturated rings. The number of hydrogen-bond acceptors (Lipinski definition) is 5. The fourth-order valence-electron chi connectivity index (χ4n) is 3.92. The summed E-state index contributed by atoms with van der Waals surface area (Å²) < 4.78 is 22.8. The van der Waals surface area contributed by atoms with Crippen LogP contribution in [0.5, 0.6) is 0 Å². The van der Waals surface area contributed by atoms with Crippen LogP contribution in [0.1, 0.15) is 130 Å². The quantitative estimate of drug-likeness (QED) is 0.104. The van der Waals surface area contributed by atoms with Gasteiger partial charge in [0.05, 0.1) is 19.4 Å². The first-order chi connectivity index (χ1) is 16.5. The summed E-state index contributed by atoms with van der Waals surface area (Å²) in [6.07, 6.45) is 20.3. The Morgan fingerprint density at radius 3 is 1.53 bits per heavy atom. The molecular weight excluding hydrogens is 451 g/mol. The van der Waals surface area contributed by atoms with Crippen molar-refractivity contribution in [3.63, 3.8) is 0 Å². The molecule has 0 unspecified atom stereocenters. The van der Waals surface area contributed by atoms with Gasteiger partial charge in [-0.2, -0.15) is 0 Å². The lowest BCUT2D eigenvalue weighted by molar-refractivity contribution is -0.120. The van der Waals surface area contributed by atoms with E-state index in [1.54, 1.807) is 13.8 Å². The molecule has 0 heterocycles. The highest BCUT2D eigenvalue weighted by Gasteiger charge is 2.22. The summed E-state index contributed by atoms with van der Waals surface area (Å²) in [7, 11) is -3.09. The third kappa shape index (κ3) is 21.6. The summed E-state index contributed by atoms with van der Waals surface area (Å²) in [4.78, 5) is 23.7. The molecule has 0 aliphatic carbocycles. The van der Waals surface area contributed by atoms with Gasteiger partial charge < -0.3 is 14.4 Å². The predicted molar refractivity (Wildman–Crippen MR) is 141 cm³/mol. The van der Waals surface area contributed by atoms with Gasteiger partial charge in [0.2, 0.25) is 5.91 Å². The van der Waals surface area contributed by atoms with E-state index in [9.17, 15) is 14.2 Å². The van der Waals surface area contributed by atoms with Crippen molar-refractivity contribution in [2.75, 3.05) is 25.9 Å². The van der Waals surface area contributed by atoms with E-state index in [2.05, 4.69) is 17.6 Å². The molecule has 34 heavy (non-hydrogen) atoms. The molecule has 0 aromatic rings. The molecule has 0 radical (unpaired) electrons. The minimum absolute atomic E-state index is 0.238. The molecule has 0 bridgehead atoms. The van der Waals surface area contributed by atoms with Gasteiger partial charge in [0.1, 0.15) is 0 Å². The van der Waals surface area contributed by atoms with Crippen molar-refractivity contribution in [2.24, 2.45) is 0 Å². The maximum atomic E-state index is 12.3. The van der Waals surface area contributed by atoms with Crippen molar-refractivity contribution in [1.82, 2.24) is 10.6 Å². The van der Waals surface area contributed by atoms with E-state index in [4.69, 9.17) is 9.05 Å². The summed E-state index contributed by atoms with van der Waals surface area (Å²) in [5.41, 5.74) is 0. The van der Waals surface area contributed by atoms with Crippen LogP contribution in [-0.4, -0.2) is 37.9 Å². The van der Waals surface area contributed by atoms with Crippen LogP contribution in [0.2, 0.25) is 0 Å². The summed E-state index contributed by atoms with van der Waals surface area (Å²) in [5, 5.41) is 4.98. The Bertz CT molecular complexity index is 535. The summed E-state index contributed by atoms with van der Waals surface area (Å²) >= 11 is 0. The second-order valence-electron chi connectivity index (χ2n) is 9.03. The van der Waals surface area contributed by atoms with Crippen LogP contribution in [0.15, 0.2) is 0 Å². The van der Waals surface area contributed by atoms with E-state index in [1.165, 1.54) is 77.0 Å². The zero-order valence-corrected chi connectivity index (χ0v) is 23.2. The van der Waals surface area contributed by atoms with Crippen molar-refractivity contribution in [1.29, 1.82) is 0 Å². The van der Waals surface area contributed by atoms with Crippen LogP contribution in [-0.2, 0) is 18.4 Å². The highest BCUT2D eigenvalue weighted by molar-refractivity contribution is 7.53. The lowest BCUT2D eigenvalue weighted by Gasteiger charge is -2.16. The van der Waals surface area contributed by atoms with Gasteiger partial charge in [-0.15, -0.1) is 0 Å². The van der Waals surface area contributed by atoms with Gasteiger partial charge in [0.15, 0.2) is 0 Å². The number of amides is 3. The number of hydrogen-bond donors (Lipinski definition) is 2. The van der Waals surface area contributed by atoms with Gasteiger partial charge >= 0.3 is 13.6 Å². The van der Waals surface area contributed by atoms with E-state index in [0.717, 1.165) is 19.3 Å².